The first-order chi connectivity index (χ1) is 9.13. The molecule has 1 fully saturated rings. The highest BCUT2D eigenvalue weighted by molar-refractivity contribution is 5.77. The van der Waals surface area contributed by atoms with Crippen molar-refractivity contribution >= 4 is 5.91 Å². The van der Waals surface area contributed by atoms with E-state index >= 15 is 0 Å². The smallest absolute Gasteiger partial charge is 0.258 e. The third-order valence-corrected chi connectivity index (χ3v) is 3.50. The first-order valence-corrected chi connectivity index (χ1v) is 6.88. The average Bonchev–Trinajstić information content (AvgIpc) is 2.39. The Labute approximate surface area is 114 Å². The van der Waals surface area contributed by atoms with Gasteiger partial charge in [0.05, 0.1) is 0 Å². The quantitative estimate of drug-likeness (QED) is 0.869. The van der Waals surface area contributed by atoms with Crippen molar-refractivity contribution in [2.24, 2.45) is 5.73 Å². The summed E-state index contributed by atoms with van der Waals surface area (Å²) in [4.78, 5) is 11.8. The van der Waals surface area contributed by atoms with E-state index in [1.54, 1.807) is 0 Å². The lowest BCUT2D eigenvalue weighted by molar-refractivity contribution is -0.124. The summed E-state index contributed by atoms with van der Waals surface area (Å²) in [6, 6.07) is 8.26. The van der Waals surface area contributed by atoms with Crippen LogP contribution >= 0.6 is 0 Å². The van der Waals surface area contributed by atoms with Crippen molar-refractivity contribution in [3.63, 3.8) is 0 Å². The predicted octanol–water partition coefficient (Wildman–Crippen LogP) is 1.76. The predicted molar refractivity (Wildman–Crippen MR) is 75.0 cm³/mol. The second-order valence-corrected chi connectivity index (χ2v) is 5.28. The van der Waals surface area contributed by atoms with E-state index in [-0.39, 0.29) is 18.6 Å². The van der Waals surface area contributed by atoms with E-state index in [2.05, 4.69) is 5.32 Å². The van der Waals surface area contributed by atoms with Crippen LogP contribution in [0.4, 0.5) is 0 Å². The van der Waals surface area contributed by atoms with Crippen LogP contribution in [0.5, 0.6) is 5.75 Å². The number of carbonyl (C=O) groups is 1. The van der Waals surface area contributed by atoms with Crippen molar-refractivity contribution in [2.45, 2.75) is 44.7 Å². The maximum Gasteiger partial charge on any atom is 0.258 e. The highest BCUT2D eigenvalue weighted by Gasteiger charge is 2.19. The number of carbonyl (C=O) groups excluding carboxylic acids is 1. The number of rotatable bonds is 4. The van der Waals surface area contributed by atoms with Crippen LogP contribution in [0.1, 0.15) is 31.2 Å². The van der Waals surface area contributed by atoms with Crippen LogP contribution in [0, 0.1) is 6.92 Å². The van der Waals surface area contributed by atoms with Gasteiger partial charge in [-0.3, -0.25) is 4.79 Å². The zero-order chi connectivity index (χ0) is 13.7. The van der Waals surface area contributed by atoms with Gasteiger partial charge in [-0.25, -0.2) is 0 Å². The maximum atomic E-state index is 11.8. The summed E-state index contributed by atoms with van der Waals surface area (Å²) in [5.74, 6) is 0.683. The van der Waals surface area contributed by atoms with Crippen molar-refractivity contribution in [1.29, 1.82) is 0 Å². The van der Waals surface area contributed by atoms with E-state index in [9.17, 15) is 4.79 Å². The van der Waals surface area contributed by atoms with Gasteiger partial charge in [-0.15, -0.1) is 0 Å². The van der Waals surface area contributed by atoms with E-state index in [1.807, 2.05) is 31.2 Å². The molecule has 0 saturated heterocycles. The fourth-order valence-electron chi connectivity index (χ4n) is 2.39. The molecule has 1 aromatic carbocycles. The second-order valence-electron chi connectivity index (χ2n) is 5.28. The fraction of sp³-hybridized carbons (Fsp3) is 0.533. The second kappa shape index (κ2) is 6.57. The topological polar surface area (TPSA) is 64.3 Å². The lowest BCUT2D eigenvalue weighted by Crippen LogP contribution is -2.42. The molecule has 1 aliphatic rings. The third-order valence-electron chi connectivity index (χ3n) is 3.50. The number of ether oxygens (including phenoxy) is 1. The molecule has 0 unspecified atom stereocenters. The van der Waals surface area contributed by atoms with E-state index < -0.39 is 0 Å². The van der Waals surface area contributed by atoms with Crippen molar-refractivity contribution in [3.8, 4) is 5.75 Å². The Kier molecular flexibility index (Phi) is 4.80. The molecule has 3 N–H and O–H groups in total. The molecular formula is C15H22N2O2. The molecule has 2 rings (SSSR count). The van der Waals surface area contributed by atoms with Gasteiger partial charge in [0.25, 0.3) is 5.91 Å². The van der Waals surface area contributed by atoms with Gasteiger partial charge in [-0.1, -0.05) is 12.1 Å². The fourth-order valence-corrected chi connectivity index (χ4v) is 2.39. The Bertz CT molecular complexity index is 426. The SMILES string of the molecule is Cc1cccc(OCC(=O)NC2CCC(N)CC2)c1. The zero-order valence-corrected chi connectivity index (χ0v) is 11.4. The van der Waals surface area contributed by atoms with Crippen LogP contribution in [0.2, 0.25) is 0 Å². The average molecular weight is 262 g/mol. The molecule has 0 bridgehead atoms. The van der Waals surface area contributed by atoms with Gasteiger partial charge in [0.15, 0.2) is 6.61 Å². The van der Waals surface area contributed by atoms with Crippen molar-refractivity contribution in [2.75, 3.05) is 6.61 Å². The minimum absolute atomic E-state index is 0.0537. The Morgan fingerprint density at radius 1 is 1.37 bits per heavy atom. The van der Waals surface area contributed by atoms with Crippen LogP contribution in [0.3, 0.4) is 0 Å². The number of aryl methyl sites for hydroxylation is 1. The van der Waals surface area contributed by atoms with E-state index in [4.69, 9.17) is 10.5 Å². The molecule has 4 heteroatoms. The van der Waals surface area contributed by atoms with Crippen LogP contribution in [0.25, 0.3) is 0 Å². The molecule has 0 radical (unpaired) electrons. The van der Waals surface area contributed by atoms with Gasteiger partial charge in [-0.2, -0.15) is 0 Å². The van der Waals surface area contributed by atoms with Crippen LogP contribution in [-0.4, -0.2) is 24.6 Å². The Morgan fingerprint density at radius 2 is 2.11 bits per heavy atom. The highest BCUT2D eigenvalue weighted by Crippen LogP contribution is 2.17. The van der Waals surface area contributed by atoms with Crippen molar-refractivity contribution < 1.29 is 9.53 Å². The molecule has 0 aromatic heterocycles. The largest absolute Gasteiger partial charge is 0.484 e. The van der Waals surface area contributed by atoms with Gasteiger partial charge in [0.1, 0.15) is 5.75 Å². The molecule has 1 aromatic rings. The normalized spacial score (nSPS) is 22.8. The van der Waals surface area contributed by atoms with E-state index in [0.717, 1.165) is 37.0 Å². The Hall–Kier alpha value is -1.55. The molecule has 0 aliphatic heterocycles. The van der Waals surface area contributed by atoms with Gasteiger partial charge in [0.2, 0.25) is 0 Å². The van der Waals surface area contributed by atoms with Crippen LogP contribution < -0.4 is 15.8 Å². The van der Waals surface area contributed by atoms with Crippen LogP contribution in [-0.2, 0) is 4.79 Å². The van der Waals surface area contributed by atoms with Gasteiger partial charge >= 0.3 is 0 Å². The van der Waals surface area contributed by atoms with Crippen molar-refractivity contribution in [3.05, 3.63) is 29.8 Å². The number of hydrogen-bond acceptors (Lipinski definition) is 3. The summed E-state index contributed by atoms with van der Waals surface area (Å²) in [7, 11) is 0. The Morgan fingerprint density at radius 3 is 2.79 bits per heavy atom. The molecular weight excluding hydrogens is 240 g/mol. The van der Waals surface area contributed by atoms with E-state index in [1.165, 1.54) is 0 Å². The zero-order valence-electron chi connectivity index (χ0n) is 11.4. The third kappa shape index (κ3) is 4.56. The minimum Gasteiger partial charge on any atom is -0.484 e. The summed E-state index contributed by atoms with van der Waals surface area (Å²) in [6.45, 7) is 2.07. The number of hydrogen-bond donors (Lipinski definition) is 2. The molecule has 1 saturated carbocycles. The Balaban J connectivity index is 1.73. The van der Waals surface area contributed by atoms with Crippen LogP contribution in [0.15, 0.2) is 24.3 Å². The number of nitrogens with one attached hydrogen (secondary N) is 1. The number of nitrogens with two attached hydrogens (primary N) is 1. The van der Waals surface area contributed by atoms with Gasteiger partial charge in [0, 0.05) is 12.1 Å². The molecule has 0 spiro atoms. The standard InChI is InChI=1S/C15H22N2O2/c1-11-3-2-4-14(9-11)19-10-15(18)17-13-7-5-12(16)6-8-13/h2-4,9,12-13H,5-8,10,16H2,1H3,(H,17,18). The first kappa shape index (κ1) is 13.9. The number of amides is 1. The van der Waals surface area contributed by atoms with E-state index in [0.29, 0.717) is 6.04 Å². The number of benzene rings is 1. The summed E-state index contributed by atoms with van der Waals surface area (Å²) >= 11 is 0. The van der Waals surface area contributed by atoms with Gasteiger partial charge in [-0.05, 0) is 50.3 Å². The molecule has 1 amide bonds. The molecule has 0 heterocycles. The maximum absolute atomic E-state index is 11.8. The first-order valence-electron chi connectivity index (χ1n) is 6.88. The lowest BCUT2D eigenvalue weighted by atomic mass is 9.92. The molecule has 104 valence electrons. The van der Waals surface area contributed by atoms with Crippen molar-refractivity contribution in [1.82, 2.24) is 5.32 Å². The summed E-state index contributed by atoms with van der Waals surface area (Å²) in [6.07, 6.45) is 3.92. The molecule has 1 aliphatic carbocycles. The lowest BCUT2D eigenvalue weighted by Gasteiger charge is -2.26. The summed E-state index contributed by atoms with van der Waals surface area (Å²) < 4.78 is 5.47. The monoisotopic (exact) mass is 262 g/mol. The van der Waals surface area contributed by atoms with Gasteiger partial charge < -0.3 is 15.8 Å². The molecule has 19 heavy (non-hydrogen) atoms. The molecule has 4 nitrogen and oxygen atoms in total. The summed E-state index contributed by atoms with van der Waals surface area (Å²) in [5.41, 5.74) is 6.96. The highest BCUT2D eigenvalue weighted by atomic mass is 16.5. The molecule has 0 atom stereocenters. The summed E-state index contributed by atoms with van der Waals surface area (Å²) in [5, 5.41) is 3.00. The minimum atomic E-state index is -0.0537.